The lowest BCUT2D eigenvalue weighted by molar-refractivity contribution is 0.143. The fourth-order valence-electron chi connectivity index (χ4n) is 6.41. The van der Waals surface area contributed by atoms with E-state index in [1.165, 1.54) is 12.1 Å². The van der Waals surface area contributed by atoms with Crippen LogP contribution in [0.15, 0.2) is 45.7 Å². The minimum absolute atomic E-state index is 0.0398. The molecule has 1 unspecified atom stereocenters. The number of hydrogen-bond donors (Lipinski definition) is 1. The molecule has 220 valence electrons. The van der Waals surface area contributed by atoms with Crippen LogP contribution in [0, 0.1) is 12.7 Å². The summed E-state index contributed by atoms with van der Waals surface area (Å²) in [5.41, 5.74) is 3.36. The standard InChI is InChI=1S/C31H33FN4O6/c1-18-22(11-15-35-13-9-19(10-14-35)28-24-7-5-20(32)16-27(24)42-34-28)30(37)36-12-3-4-23(29(36)33-18)25-17-21(40-2)6-8-26(25)41-31(38)39/h5-8,16-17,19,23H,3-4,9-15H2,1-2H3,(H,38,39). The first-order valence-electron chi connectivity index (χ1n) is 14.3. The van der Waals surface area contributed by atoms with Gasteiger partial charge in [-0.25, -0.2) is 14.2 Å². The maximum atomic E-state index is 13.7. The number of fused-ring (bicyclic) bond motifs is 2. The number of likely N-dealkylation sites (tertiary alicyclic amines) is 1. The van der Waals surface area contributed by atoms with Crippen LogP contribution < -0.4 is 15.0 Å². The monoisotopic (exact) mass is 576 g/mol. The molecule has 0 amide bonds. The summed E-state index contributed by atoms with van der Waals surface area (Å²) in [5.74, 6) is 1.02. The topological polar surface area (TPSA) is 120 Å². The molecule has 11 heteroatoms. The molecule has 42 heavy (non-hydrogen) atoms. The van der Waals surface area contributed by atoms with Crippen molar-refractivity contribution in [1.82, 2.24) is 19.6 Å². The largest absolute Gasteiger partial charge is 0.511 e. The molecule has 2 aliphatic heterocycles. The molecule has 2 aliphatic rings. The summed E-state index contributed by atoms with van der Waals surface area (Å²) < 4.78 is 31.1. The lowest BCUT2D eigenvalue weighted by Crippen LogP contribution is -2.38. The van der Waals surface area contributed by atoms with Gasteiger partial charge in [-0.3, -0.25) is 9.36 Å². The van der Waals surface area contributed by atoms with E-state index in [0.29, 0.717) is 53.4 Å². The van der Waals surface area contributed by atoms with Crippen molar-refractivity contribution in [2.45, 2.75) is 57.4 Å². The van der Waals surface area contributed by atoms with Crippen molar-refractivity contribution in [3.05, 3.63) is 80.9 Å². The molecule has 0 aliphatic carbocycles. The fourth-order valence-corrected chi connectivity index (χ4v) is 6.41. The van der Waals surface area contributed by atoms with Crippen LogP contribution in [0.4, 0.5) is 9.18 Å². The molecule has 0 bridgehead atoms. The molecule has 1 N–H and O–H groups in total. The number of rotatable bonds is 7. The van der Waals surface area contributed by atoms with Gasteiger partial charge in [-0.2, -0.15) is 0 Å². The first-order chi connectivity index (χ1) is 20.3. The molecule has 4 heterocycles. The smallest absolute Gasteiger partial charge is 0.497 e. The van der Waals surface area contributed by atoms with Crippen molar-refractivity contribution in [1.29, 1.82) is 0 Å². The predicted molar refractivity (Wildman–Crippen MR) is 152 cm³/mol. The van der Waals surface area contributed by atoms with E-state index in [9.17, 15) is 19.1 Å². The maximum Gasteiger partial charge on any atom is 0.511 e. The third kappa shape index (κ3) is 5.36. The van der Waals surface area contributed by atoms with Crippen LogP contribution >= 0.6 is 0 Å². The van der Waals surface area contributed by atoms with Crippen LogP contribution in [0.2, 0.25) is 0 Å². The zero-order valence-corrected chi connectivity index (χ0v) is 23.6. The number of nitrogens with zero attached hydrogens (tertiary/aromatic N) is 4. The average molecular weight is 577 g/mol. The number of piperidine rings is 1. The molecule has 10 nitrogen and oxygen atoms in total. The van der Waals surface area contributed by atoms with Crippen molar-refractivity contribution in [3.63, 3.8) is 0 Å². The highest BCUT2D eigenvalue weighted by molar-refractivity contribution is 5.79. The molecule has 4 aromatic rings. The van der Waals surface area contributed by atoms with Crippen LogP contribution in [-0.4, -0.2) is 57.6 Å². The third-order valence-electron chi connectivity index (χ3n) is 8.59. The van der Waals surface area contributed by atoms with E-state index in [1.54, 1.807) is 35.9 Å². The predicted octanol–water partition coefficient (Wildman–Crippen LogP) is 5.25. The number of aryl methyl sites for hydroxylation is 1. The molecule has 6 rings (SSSR count). The van der Waals surface area contributed by atoms with E-state index in [-0.39, 0.29) is 29.0 Å². The summed E-state index contributed by atoms with van der Waals surface area (Å²) in [6, 6.07) is 9.54. The average Bonchev–Trinajstić information content (AvgIpc) is 3.40. The molecule has 1 fully saturated rings. The number of hydrogen-bond acceptors (Lipinski definition) is 8. The Balaban J connectivity index is 1.17. The minimum atomic E-state index is -1.40. The molecular weight excluding hydrogens is 543 g/mol. The summed E-state index contributed by atoms with van der Waals surface area (Å²) >= 11 is 0. The van der Waals surface area contributed by atoms with E-state index >= 15 is 0 Å². The highest BCUT2D eigenvalue weighted by Gasteiger charge is 2.30. The first kappa shape index (κ1) is 27.9. The lowest BCUT2D eigenvalue weighted by atomic mass is 9.89. The number of aromatic nitrogens is 3. The van der Waals surface area contributed by atoms with Gasteiger partial charge in [-0.05, 0) is 82.4 Å². The molecule has 1 atom stereocenters. The first-order valence-corrected chi connectivity index (χ1v) is 14.3. The zero-order chi connectivity index (χ0) is 29.4. The van der Waals surface area contributed by atoms with Gasteiger partial charge >= 0.3 is 6.16 Å². The van der Waals surface area contributed by atoms with Crippen molar-refractivity contribution in [3.8, 4) is 11.5 Å². The molecule has 0 radical (unpaired) electrons. The van der Waals surface area contributed by atoms with Crippen molar-refractivity contribution < 1.29 is 28.3 Å². The Hall–Kier alpha value is -4.25. The summed E-state index contributed by atoms with van der Waals surface area (Å²) in [4.78, 5) is 32.4. The van der Waals surface area contributed by atoms with Crippen molar-refractivity contribution in [2.24, 2.45) is 0 Å². The molecule has 2 aromatic heterocycles. The molecule has 0 saturated carbocycles. The van der Waals surface area contributed by atoms with Gasteiger partial charge in [-0.1, -0.05) is 5.16 Å². The van der Waals surface area contributed by atoms with Gasteiger partial charge in [-0.15, -0.1) is 0 Å². The Morgan fingerprint density at radius 1 is 1.14 bits per heavy atom. The van der Waals surface area contributed by atoms with E-state index in [0.717, 1.165) is 50.0 Å². The lowest BCUT2D eigenvalue weighted by Gasteiger charge is -2.31. The Morgan fingerprint density at radius 2 is 1.95 bits per heavy atom. The van der Waals surface area contributed by atoms with Crippen LogP contribution in [0.1, 0.15) is 65.9 Å². The van der Waals surface area contributed by atoms with Crippen LogP contribution in [0.3, 0.4) is 0 Å². The van der Waals surface area contributed by atoms with E-state index < -0.39 is 6.16 Å². The van der Waals surface area contributed by atoms with Crippen molar-refractivity contribution in [2.75, 3.05) is 26.7 Å². The Labute approximate surface area is 241 Å². The number of methoxy groups -OCH3 is 1. The summed E-state index contributed by atoms with van der Waals surface area (Å²) in [5, 5.41) is 14.4. The SMILES string of the molecule is COc1ccc(OC(=O)O)c(C2CCCn3c2nc(C)c(CCN2CCC(c4noc5cc(F)ccc45)CC2)c3=O)c1. The summed E-state index contributed by atoms with van der Waals surface area (Å²) in [6.45, 7) is 4.90. The highest BCUT2D eigenvalue weighted by atomic mass is 19.1. The molecule has 1 saturated heterocycles. The molecule has 2 aromatic carbocycles. The van der Waals surface area contributed by atoms with E-state index in [4.69, 9.17) is 19.0 Å². The van der Waals surface area contributed by atoms with Crippen LogP contribution in [0.25, 0.3) is 11.0 Å². The van der Waals surface area contributed by atoms with Gasteiger partial charge in [0.2, 0.25) is 0 Å². The van der Waals surface area contributed by atoms with Gasteiger partial charge in [0.15, 0.2) is 5.58 Å². The van der Waals surface area contributed by atoms with E-state index in [1.807, 2.05) is 6.92 Å². The number of halogens is 1. The second kappa shape index (κ2) is 11.6. The fraction of sp³-hybridized carbons (Fsp3) is 0.419. The second-order valence-electron chi connectivity index (χ2n) is 11.0. The van der Waals surface area contributed by atoms with E-state index in [2.05, 4.69) is 10.1 Å². The number of carboxylic acid groups (broad SMARTS) is 1. The zero-order valence-electron chi connectivity index (χ0n) is 23.6. The Bertz CT molecular complexity index is 1690. The second-order valence-corrected chi connectivity index (χ2v) is 11.0. The van der Waals surface area contributed by atoms with Gasteiger partial charge in [0, 0.05) is 53.2 Å². The number of ether oxygens (including phenoxy) is 2. The van der Waals surface area contributed by atoms with Gasteiger partial charge < -0.3 is 24.0 Å². The van der Waals surface area contributed by atoms with Gasteiger partial charge in [0.05, 0.1) is 12.8 Å². The summed E-state index contributed by atoms with van der Waals surface area (Å²) in [6.07, 6.45) is 2.46. The summed E-state index contributed by atoms with van der Waals surface area (Å²) in [7, 11) is 1.55. The van der Waals surface area contributed by atoms with Gasteiger partial charge in [0.1, 0.15) is 23.1 Å². The van der Waals surface area contributed by atoms with Crippen LogP contribution in [-0.2, 0) is 13.0 Å². The minimum Gasteiger partial charge on any atom is -0.497 e. The quantitative estimate of drug-likeness (QED) is 0.232. The normalized spacial score (nSPS) is 17.7. The highest BCUT2D eigenvalue weighted by Crippen LogP contribution is 2.39. The number of benzene rings is 2. The molecular formula is C31H33FN4O6. The third-order valence-corrected chi connectivity index (χ3v) is 8.59. The Morgan fingerprint density at radius 3 is 2.71 bits per heavy atom. The maximum absolute atomic E-state index is 13.7. The molecule has 0 spiro atoms. The van der Waals surface area contributed by atoms with Crippen LogP contribution in [0.5, 0.6) is 11.5 Å². The van der Waals surface area contributed by atoms with Gasteiger partial charge in [0.25, 0.3) is 5.56 Å². The van der Waals surface area contributed by atoms with Crippen molar-refractivity contribution >= 4 is 17.1 Å². The number of carbonyl (C=O) groups is 1. The Kier molecular flexibility index (Phi) is 7.68.